The van der Waals surface area contributed by atoms with E-state index in [1.165, 1.54) is 62.7 Å². The molecule has 1 aliphatic rings. The summed E-state index contributed by atoms with van der Waals surface area (Å²) in [7, 11) is 0. The van der Waals surface area contributed by atoms with Crippen LogP contribution in [0.4, 0.5) is 17.1 Å². The first kappa shape index (κ1) is 29.9. The summed E-state index contributed by atoms with van der Waals surface area (Å²) in [6.45, 7) is 16.6. The lowest BCUT2D eigenvalue weighted by molar-refractivity contribution is 0.332. The molecule has 0 atom stereocenters. The minimum atomic E-state index is 0.0189. The Morgan fingerprint density at radius 2 is 1.22 bits per heavy atom. The molecule has 0 saturated carbocycles. The smallest absolute Gasteiger partial charge is 0.0562 e. The first-order valence-electron chi connectivity index (χ1n) is 16.2. The lowest BCUT2D eigenvalue weighted by atomic mass is 9.63. The van der Waals surface area contributed by atoms with E-state index in [1.54, 1.807) is 0 Å². The second kappa shape index (κ2) is 10.6. The Morgan fingerprint density at radius 3 is 1.80 bits per heavy atom. The van der Waals surface area contributed by atoms with Gasteiger partial charge in [0, 0.05) is 32.3 Å². The molecule has 6 aromatic rings. The largest absolute Gasteiger partial charge is 0.310 e. The summed E-state index contributed by atoms with van der Waals surface area (Å²) >= 11 is 3.89. The van der Waals surface area contributed by atoms with Crippen LogP contribution in [0, 0.1) is 0 Å². The van der Waals surface area contributed by atoms with Crippen molar-refractivity contribution in [2.75, 3.05) is 4.90 Å². The molecule has 0 N–H and O–H groups in total. The van der Waals surface area contributed by atoms with Gasteiger partial charge in [0.15, 0.2) is 0 Å². The minimum Gasteiger partial charge on any atom is -0.310 e. The van der Waals surface area contributed by atoms with Crippen LogP contribution >= 0.6 is 15.9 Å². The van der Waals surface area contributed by atoms with Crippen LogP contribution in [0.15, 0.2) is 114 Å². The SMILES string of the molecule is CC(C)(C)c1cc(Br)cc(-n2c3cc4c(cc3c3c(N(c5ccccc5)c5ccccc5)cccc32)C(C)(C)CCC4(C)C)c1. The van der Waals surface area contributed by atoms with E-state index in [9.17, 15) is 0 Å². The number of hydrogen-bond donors (Lipinski definition) is 0. The summed E-state index contributed by atoms with van der Waals surface area (Å²) in [5.41, 5.74) is 11.7. The molecule has 0 spiro atoms. The van der Waals surface area contributed by atoms with Gasteiger partial charge in [0.2, 0.25) is 0 Å². The van der Waals surface area contributed by atoms with E-state index in [2.05, 4.69) is 183 Å². The molecular weight excluding hydrogens is 612 g/mol. The lowest BCUT2D eigenvalue weighted by Crippen LogP contribution is -2.33. The van der Waals surface area contributed by atoms with Gasteiger partial charge in [-0.15, -0.1) is 0 Å². The third kappa shape index (κ3) is 5.10. The van der Waals surface area contributed by atoms with Crippen LogP contribution in [0.25, 0.3) is 27.5 Å². The molecule has 45 heavy (non-hydrogen) atoms. The molecule has 3 heteroatoms. The van der Waals surface area contributed by atoms with Crippen LogP contribution in [0.5, 0.6) is 0 Å². The van der Waals surface area contributed by atoms with E-state index < -0.39 is 0 Å². The highest BCUT2D eigenvalue weighted by Crippen LogP contribution is 2.50. The average molecular weight is 656 g/mol. The van der Waals surface area contributed by atoms with Crippen LogP contribution in [0.1, 0.15) is 78.0 Å². The van der Waals surface area contributed by atoms with Gasteiger partial charge in [-0.1, -0.05) is 107 Å². The molecule has 0 bridgehead atoms. The maximum atomic E-state index is 3.89. The van der Waals surface area contributed by atoms with Gasteiger partial charge < -0.3 is 9.47 Å². The Labute approximate surface area is 276 Å². The molecule has 5 aromatic carbocycles. The number of benzene rings is 5. The van der Waals surface area contributed by atoms with Crippen LogP contribution in [-0.2, 0) is 16.2 Å². The number of nitrogens with zero attached hydrogens (tertiary/aromatic N) is 2. The first-order chi connectivity index (χ1) is 21.3. The third-order valence-corrected chi connectivity index (χ3v) is 10.5. The number of anilines is 3. The molecule has 7 rings (SSSR count). The van der Waals surface area contributed by atoms with Gasteiger partial charge in [0.1, 0.15) is 0 Å². The zero-order valence-corrected chi connectivity index (χ0v) is 29.2. The second-order valence-electron chi connectivity index (χ2n) is 15.1. The summed E-state index contributed by atoms with van der Waals surface area (Å²) in [5.74, 6) is 0. The third-order valence-electron chi connectivity index (χ3n) is 10.0. The Bertz CT molecular complexity index is 2000. The molecule has 1 heterocycles. The highest BCUT2D eigenvalue weighted by Gasteiger charge is 2.38. The van der Waals surface area contributed by atoms with Gasteiger partial charge in [0.05, 0.1) is 16.7 Å². The summed E-state index contributed by atoms with van der Waals surface area (Å²) in [6, 6.07) is 40.4. The number of halogens is 1. The summed E-state index contributed by atoms with van der Waals surface area (Å²) in [6.07, 6.45) is 2.37. The Morgan fingerprint density at radius 1 is 0.644 bits per heavy atom. The molecule has 1 aliphatic carbocycles. The molecule has 0 amide bonds. The Hall–Kier alpha value is -3.82. The normalized spacial score (nSPS) is 15.7. The van der Waals surface area contributed by atoms with Gasteiger partial charge in [-0.25, -0.2) is 0 Å². The van der Waals surface area contributed by atoms with E-state index in [4.69, 9.17) is 0 Å². The molecule has 228 valence electrons. The fourth-order valence-corrected chi connectivity index (χ4v) is 7.77. The second-order valence-corrected chi connectivity index (χ2v) is 16.1. The van der Waals surface area contributed by atoms with Gasteiger partial charge in [-0.3, -0.25) is 0 Å². The number of fused-ring (bicyclic) bond motifs is 4. The van der Waals surface area contributed by atoms with E-state index >= 15 is 0 Å². The van der Waals surface area contributed by atoms with E-state index in [0.717, 1.165) is 15.8 Å². The van der Waals surface area contributed by atoms with Gasteiger partial charge in [0.25, 0.3) is 0 Å². The van der Waals surface area contributed by atoms with Crippen LogP contribution in [0.2, 0.25) is 0 Å². The predicted molar refractivity (Wildman–Crippen MR) is 197 cm³/mol. The lowest BCUT2D eigenvalue weighted by Gasteiger charge is -2.42. The standard InChI is InChI=1S/C42H43BrN2/c1-40(2,3)28-23-29(43)25-32(24-28)45-37-20-14-19-36(44(30-15-10-8-11-16-30)31-17-12-9-13-18-31)39(37)33-26-34-35(27-38(33)45)42(6,7)22-21-41(34,4)5/h8-20,23-27H,21-22H2,1-7H3. The first-order valence-corrected chi connectivity index (χ1v) is 17.0. The van der Waals surface area contributed by atoms with Crippen LogP contribution in [0.3, 0.4) is 0 Å². The maximum Gasteiger partial charge on any atom is 0.0562 e. The van der Waals surface area contributed by atoms with Crippen molar-refractivity contribution in [2.45, 2.75) is 77.6 Å². The molecule has 0 radical (unpaired) electrons. The molecule has 1 aromatic heterocycles. The molecule has 2 nitrogen and oxygen atoms in total. The van der Waals surface area contributed by atoms with Crippen molar-refractivity contribution in [1.82, 2.24) is 4.57 Å². The van der Waals surface area contributed by atoms with Crippen molar-refractivity contribution in [3.63, 3.8) is 0 Å². The molecule has 0 aliphatic heterocycles. The maximum absolute atomic E-state index is 3.89. The summed E-state index contributed by atoms with van der Waals surface area (Å²) < 4.78 is 3.62. The average Bonchev–Trinajstić information content (AvgIpc) is 3.34. The fraction of sp³-hybridized carbons (Fsp3) is 0.286. The van der Waals surface area contributed by atoms with Gasteiger partial charge in [-0.05, 0) is 113 Å². The summed E-state index contributed by atoms with van der Waals surface area (Å²) in [4.78, 5) is 2.42. The molecule has 0 fully saturated rings. The zero-order chi connectivity index (χ0) is 31.7. The van der Waals surface area contributed by atoms with E-state index in [0.29, 0.717) is 0 Å². The molecule has 0 saturated heterocycles. The zero-order valence-electron chi connectivity index (χ0n) is 27.6. The van der Waals surface area contributed by atoms with Crippen molar-refractivity contribution in [2.24, 2.45) is 0 Å². The van der Waals surface area contributed by atoms with E-state index in [-0.39, 0.29) is 16.2 Å². The predicted octanol–water partition coefficient (Wildman–Crippen LogP) is 12.7. The van der Waals surface area contributed by atoms with Crippen LogP contribution < -0.4 is 4.90 Å². The Balaban J connectivity index is 1.65. The summed E-state index contributed by atoms with van der Waals surface area (Å²) in [5, 5.41) is 2.58. The number of hydrogen-bond acceptors (Lipinski definition) is 1. The number of rotatable bonds is 4. The number of aromatic nitrogens is 1. The topological polar surface area (TPSA) is 8.17 Å². The van der Waals surface area contributed by atoms with E-state index in [1.807, 2.05) is 0 Å². The van der Waals surface area contributed by atoms with Crippen LogP contribution in [-0.4, -0.2) is 4.57 Å². The monoisotopic (exact) mass is 654 g/mol. The van der Waals surface area contributed by atoms with Crippen molar-refractivity contribution < 1.29 is 0 Å². The minimum absolute atomic E-state index is 0.0189. The van der Waals surface area contributed by atoms with Gasteiger partial charge >= 0.3 is 0 Å². The highest BCUT2D eigenvalue weighted by atomic mass is 79.9. The Kier molecular flexibility index (Phi) is 7.05. The van der Waals surface area contributed by atoms with Crippen molar-refractivity contribution >= 4 is 54.8 Å². The molecular formula is C42H43BrN2. The van der Waals surface area contributed by atoms with Crippen molar-refractivity contribution in [3.05, 3.63) is 130 Å². The number of para-hydroxylation sites is 2. The van der Waals surface area contributed by atoms with Gasteiger partial charge in [-0.2, -0.15) is 0 Å². The quantitative estimate of drug-likeness (QED) is 0.183. The highest BCUT2D eigenvalue weighted by molar-refractivity contribution is 9.10. The fourth-order valence-electron chi connectivity index (χ4n) is 7.29. The van der Waals surface area contributed by atoms with Crippen molar-refractivity contribution in [1.29, 1.82) is 0 Å². The van der Waals surface area contributed by atoms with Crippen molar-refractivity contribution in [3.8, 4) is 5.69 Å². The molecule has 0 unspecified atom stereocenters.